The molecule has 1 N–H and O–H groups in total. The molecule has 0 aromatic carbocycles. The van der Waals surface area contributed by atoms with Gasteiger partial charge in [-0.05, 0) is 6.92 Å². The van der Waals surface area contributed by atoms with E-state index >= 15 is 0 Å². The third-order valence-corrected chi connectivity index (χ3v) is 1.52. The van der Waals surface area contributed by atoms with Gasteiger partial charge in [0.05, 0.1) is 13.0 Å². The van der Waals surface area contributed by atoms with Crippen molar-refractivity contribution in [3.8, 4) is 0 Å². The first-order valence-electron chi connectivity index (χ1n) is 4.67. The van der Waals surface area contributed by atoms with Crippen LogP contribution in [-0.2, 0) is 19.1 Å². The van der Waals surface area contributed by atoms with E-state index in [1.54, 1.807) is 6.92 Å². The molecule has 0 fully saturated rings. The second-order valence-electron chi connectivity index (χ2n) is 2.79. The van der Waals surface area contributed by atoms with Gasteiger partial charge in [-0.25, -0.2) is 4.79 Å². The van der Waals surface area contributed by atoms with E-state index in [-0.39, 0.29) is 31.1 Å². The van der Waals surface area contributed by atoms with Gasteiger partial charge in [0.25, 0.3) is 0 Å². The summed E-state index contributed by atoms with van der Waals surface area (Å²) in [5, 5.41) is 2.50. The highest BCUT2D eigenvalue weighted by Gasteiger charge is 2.08. The molecule has 5 nitrogen and oxygen atoms in total. The van der Waals surface area contributed by atoms with E-state index in [4.69, 9.17) is 0 Å². The molecule has 5 heteroatoms. The molecular weight excluding hydrogens is 198 g/mol. The number of ether oxygens (including phenoxy) is 1. The van der Waals surface area contributed by atoms with E-state index in [0.717, 1.165) is 6.08 Å². The van der Waals surface area contributed by atoms with Crippen LogP contribution in [-0.4, -0.2) is 30.8 Å². The smallest absolute Gasteiger partial charge is 0.330 e. The Labute approximate surface area is 88.5 Å². The molecule has 0 unspecified atom stereocenters. The molecule has 0 bridgehead atoms. The Kier molecular flexibility index (Phi) is 6.88. The van der Waals surface area contributed by atoms with Crippen LogP contribution in [0.4, 0.5) is 0 Å². The van der Waals surface area contributed by atoms with Gasteiger partial charge in [0.1, 0.15) is 5.78 Å². The SMILES string of the molecule is C=CC(=O)OCCC(=O)CC(=O)NCC. The van der Waals surface area contributed by atoms with Crippen molar-refractivity contribution >= 4 is 17.7 Å². The Morgan fingerprint density at radius 2 is 2.07 bits per heavy atom. The minimum atomic E-state index is -0.569. The summed E-state index contributed by atoms with van der Waals surface area (Å²) in [6.07, 6.45) is 0.907. The summed E-state index contributed by atoms with van der Waals surface area (Å²) in [5.41, 5.74) is 0. The molecule has 0 spiro atoms. The lowest BCUT2D eigenvalue weighted by Crippen LogP contribution is -2.25. The normalized spacial score (nSPS) is 9.13. The molecule has 0 heterocycles. The van der Waals surface area contributed by atoms with E-state index in [2.05, 4.69) is 16.6 Å². The Balaban J connectivity index is 3.61. The molecule has 0 rings (SSSR count). The first-order chi connectivity index (χ1) is 7.10. The Morgan fingerprint density at radius 3 is 2.60 bits per heavy atom. The lowest BCUT2D eigenvalue weighted by Gasteiger charge is -2.02. The minimum absolute atomic E-state index is 0.0108. The number of hydrogen-bond acceptors (Lipinski definition) is 4. The summed E-state index contributed by atoms with van der Waals surface area (Å²) in [7, 11) is 0. The van der Waals surface area contributed by atoms with Gasteiger partial charge in [-0.3, -0.25) is 9.59 Å². The molecule has 0 radical (unpaired) electrons. The van der Waals surface area contributed by atoms with Gasteiger partial charge in [0, 0.05) is 19.0 Å². The highest BCUT2D eigenvalue weighted by Crippen LogP contribution is 1.92. The number of esters is 1. The average Bonchev–Trinajstić information content (AvgIpc) is 2.17. The van der Waals surface area contributed by atoms with Crippen LogP contribution in [0, 0.1) is 0 Å². The molecule has 0 saturated carbocycles. The molecule has 0 aromatic heterocycles. The van der Waals surface area contributed by atoms with Crippen molar-refractivity contribution in [2.45, 2.75) is 19.8 Å². The molecule has 15 heavy (non-hydrogen) atoms. The summed E-state index contributed by atoms with van der Waals surface area (Å²) in [6.45, 7) is 5.47. The quantitative estimate of drug-likeness (QED) is 0.372. The van der Waals surface area contributed by atoms with Crippen molar-refractivity contribution in [3.05, 3.63) is 12.7 Å². The number of Topliss-reactive ketones (excluding diaryl/α,β-unsaturated/α-hetero) is 1. The molecule has 0 saturated heterocycles. The number of amides is 1. The van der Waals surface area contributed by atoms with Crippen molar-refractivity contribution < 1.29 is 19.1 Å². The first-order valence-corrected chi connectivity index (χ1v) is 4.67. The van der Waals surface area contributed by atoms with Crippen LogP contribution in [0.5, 0.6) is 0 Å². The van der Waals surface area contributed by atoms with E-state index in [1.807, 2.05) is 0 Å². The van der Waals surface area contributed by atoms with Crippen LogP contribution in [0.1, 0.15) is 19.8 Å². The predicted molar refractivity (Wildman–Crippen MR) is 54.1 cm³/mol. The molecule has 0 aliphatic carbocycles. The molecule has 0 aromatic rings. The second kappa shape index (κ2) is 7.73. The summed E-state index contributed by atoms with van der Waals surface area (Å²) < 4.78 is 4.59. The summed E-state index contributed by atoms with van der Waals surface area (Å²) in [4.78, 5) is 32.7. The maximum Gasteiger partial charge on any atom is 0.330 e. The van der Waals surface area contributed by atoms with Crippen molar-refractivity contribution in [1.82, 2.24) is 5.32 Å². The molecule has 84 valence electrons. The van der Waals surface area contributed by atoms with Crippen LogP contribution in [0.15, 0.2) is 12.7 Å². The molecular formula is C10H15NO4. The Bertz CT molecular complexity index is 260. The van der Waals surface area contributed by atoms with E-state index < -0.39 is 5.97 Å². The topological polar surface area (TPSA) is 72.5 Å². The fraction of sp³-hybridized carbons (Fsp3) is 0.500. The molecule has 0 aliphatic rings. The van der Waals surface area contributed by atoms with Gasteiger partial charge in [-0.1, -0.05) is 6.58 Å². The highest BCUT2D eigenvalue weighted by molar-refractivity contribution is 5.98. The van der Waals surface area contributed by atoms with Gasteiger partial charge < -0.3 is 10.1 Å². The summed E-state index contributed by atoms with van der Waals surface area (Å²) >= 11 is 0. The number of rotatable bonds is 7. The molecule has 0 aliphatic heterocycles. The summed E-state index contributed by atoms with van der Waals surface area (Å²) in [5.74, 6) is -1.13. The van der Waals surface area contributed by atoms with Crippen molar-refractivity contribution in [1.29, 1.82) is 0 Å². The summed E-state index contributed by atoms with van der Waals surface area (Å²) in [6, 6.07) is 0. The fourth-order valence-electron chi connectivity index (χ4n) is 0.852. The van der Waals surface area contributed by atoms with Gasteiger partial charge >= 0.3 is 5.97 Å². The number of carbonyl (C=O) groups excluding carboxylic acids is 3. The fourth-order valence-corrected chi connectivity index (χ4v) is 0.852. The molecule has 0 atom stereocenters. The zero-order valence-electron chi connectivity index (χ0n) is 8.75. The van der Waals surface area contributed by atoms with Gasteiger partial charge in [-0.2, -0.15) is 0 Å². The molecule has 1 amide bonds. The minimum Gasteiger partial charge on any atom is -0.462 e. The maximum atomic E-state index is 11.1. The van der Waals surface area contributed by atoms with E-state index in [1.165, 1.54) is 0 Å². The number of carbonyl (C=O) groups is 3. The van der Waals surface area contributed by atoms with Gasteiger partial charge in [-0.15, -0.1) is 0 Å². The average molecular weight is 213 g/mol. The van der Waals surface area contributed by atoms with Crippen LogP contribution >= 0.6 is 0 Å². The number of hydrogen-bond donors (Lipinski definition) is 1. The Morgan fingerprint density at radius 1 is 1.40 bits per heavy atom. The second-order valence-corrected chi connectivity index (χ2v) is 2.79. The standard InChI is InChI=1S/C10H15NO4/c1-3-10(14)15-6-5-8(12)7-9(13)11-4-2/h3H,1,4-7H2,2H3,(H,11,13). The predicted octanol–water partition coefficient (Wildman–Crippen LogP) is 0.201. The van der Waals surface area contributed by atoms with Gasteiger partial charge in [0.2, 0.25) is 5.91 Å². The zero-order chi connectivity index (χ0) is 11.7. The van der Waals surface area contributed by atoms with Crippen LogP contribution in [0.3, 0.4) is 0 Å². The van der Waals surface area contributed by atoms with E-state index in [9.17, 15) is 14.4 Å². The maximum absolute atomic E-state index is 11.1. The van der Waals surface area contributed by atoms with Crippen molar-refractivity contribution in [3.63, 3.8) is 0 Å². The highest BCUT2D eigenvalue weighted by atomic mass is 16.5. The monoisotopic (exact) mass is 213 g/mol. The number of nitrogens with one attached hydrogen (secondary N) is 1. The van der Waals surface area contributed by atoms with Crippen LogP contribution < -0.4 is 5.32 Å². The zero-order valence-corrected chi connectivity index (χ0v) is 8.75. The third kappa shape index (κ3) is 7.42. The van der Waals surface area contributed by atoms with Crippen LogP contribution in [0.2, 0.25) is 0 Å². The number of ketones is 1. The van der Waals surface area contributed by atoms with Crippen molar-refractivity contribution in [2.24, 2.45) is 0 Å². The van der Waals surface area contributed by atoms with E-state index in [0.29, 0.717) is 6.54 Å². The lowest BCUT2D eigenvalue weighted by molar-refractivity contribution is -0.138. The van der Waals surface area contributed by atoms with Gasteiger partial charge in [0.15, 0.2) is 0 Å². The van der Waals surface area contributed by atoms with Crippen molar-refractivity contribution in [2.75, 3.05) is 13.2 Å². The third-order valence-electron chi connectivity index (χ3n) is 1.52. The van der Waals surface area contributed by atoms with Crippen LogP contribution in [0.25, 0.3) is 0 Å². The Hall–Kier alpha value is -1.65. The first kappa shape index (κ1) is 13.4. The lowest BCUT2D eigenvalue weighted by atomic mass is 10.2. The largest absolute Gasteiger partial charge is 0.462 e.